The summed E-state index contributed by atoms with van der Waals surface area (Å²) in [6.07, 6.45) is 8.38. The van der Waals surface area contributed by atoms with Crippen LogP contribution in [-0.2, 0) is 0 Å². The molecule has 1 amide bonds. The smallest absolute Gasteiger partial charge is 0.253 e. The summed E-state index contributed by atoms with van der Waals surface area (Å²) in [6.45, 7) is 3.92. The van der Waals surface area contributed by atoms with Crippen LogP contribution in [0.15, 0.2) is 42.9 Å². The summed E-state index contributed by atoms with van der Waals surface area (Å²) in [6, 6.07) is 7.60. The standard InChI is InChI=1S/C19H23N5O.2ClH/c25-18(24-10-5-19(6-11-24)4-7-21-14-19)15-2-1-3-16(12-15)23-17-13-20-8-9-22-17;;/h1-3,8-9,12-13,21H,4-7,10-11,14H2,(H,22,23);2*1H. The van der Waals surface area contributed by atoms with Crippen molar-refractivity contribution in [1.82, 2.24) is 20.2 Å². The van der Waals surface area contributed by atoms with Crippen LogP contribution in [0.25, 0.3) is 0 Å². The van der Waals surface area contributed by atoms with Gasteiger partial charge >= 0.3 is 0 Å². The van der Waals surface area contributed by atoms with Crippen molar-refractivity contribution in [3.63, 3.8) is 0 Å². The predicted octanol–water partition coefficient (Wildman–Crippen LogP) is 3.28. The van der Waals surface area contributed by atoms with E-state index < -0.39 is 0 Å². The fraction of sp³-hybridized carbons (Fsp3) is 0.421. The monoisotopic (exact) mass is 409 g/mol. The number of hydrogen-bond donors (Lipinski definition) is 2. The van der Waals surface area contributed by atoms with Crippen LogP contribution in [0.4, 0.5) is 11.5 Å². The molecule has 2 saturated heterocycles. The van der Waals surface area contributed by atoms with Gasteiger partial charge in [-0.15, -0.1) is 24.8 Å². The van der Waals surface area contributed by atoms with Crippen molar-refractivity contribution >= 4 is 42.2 Å². The summed E-state index contributed by atoms with van der Waals surface area (Å²) < 4.78 is 0. The molecule has 0 atom stereocenters. The molecule has 0 aliphatic carbocycles. The van der Waals surface area contributed by atoms with E-state index in [4.69, 9.17) is 0 Å². The lowest BCUT2D eigenvalue weighted by Crippen LogP contribution is -2.44. The zero-order chi connectivity index (χ0) is 17.1. The van der Waals surface area contributed by atoms with Gasteiger partial charge in [-0.2, -0.15) is 0 Å². The number of amides is 1. The van der Waals surface area contributed by atoms with Crippen LogP contribution in [0.3, 0.4) is 0 Å². The van der Waals surface area contributed by atoms with Crippen LogP contribution in [0.5, 0.6) is 0 Å². The highest BCUT2D eigenvalue weighted by molar-refractivity contribution is 5.95. The van der Waals surface area contributed by atoms with Gasteiger partial charge in [0.1, 0.15) is 5.82 Å². The molecule has 0 radical (unpaired) electrons. The predicted molar refractivity (Wildman–Crippen MR) is 111 cm³/mol. The minimum Gasteiger partial charge on any atom is -0.339 e. The van der Waals surface area contributed by atoms with Gasteiger partial charge in [-0.25, -0.2) is 4.98 Å². The van der Waals surface area contributed by atoms with Crippen molar-refractivity contribution in [3.05, 3.63) is 48.4 Å². The molecule has 4 rings (SSSR count). The Labute approximate surface area is 172 Å². The molecule has 0 unspecified atom stereocenters. The van der Waals surface area contributed by atoms with E-state index in [1.54, 1.807) is 18.6 Å². The first-order chi connectivity index (χ1) is 12.2. The Hall–Kier alpha value is -1.89. The first-order valence-electron chi connectivity index (χ1n) is 8.87. The molecule has 2 aliphatic rings. The van der Waals surface area contributed by atoms with Gasteiger partial charge in [0.05, 0.1) is 6.20 Å². The number of aromatic nitrogens is 2. The molecule has 2 N–H and O–H groups in total. The first kappa shape index (κ1) is 21.4. The van der Waals surface area contributed by atoms with Gasteiger partial charge in [-0.05, 0) is 49.4 Å². The maximum atomic E-state index is 12.9. The van der Waals surface area contributed by atoms with E-state index >= 15 is 0 Å². The van der Waals surface area contributed by atoms with E-state index in [2.05, 4.69) is 20.6 Å². The number of nitrogens with zero attached hydrogens (tertiary/aromatic N) is 3. The van der Waals surface area contributed by atoms with Gasteiger partial charge in [0.15, 0.2) is 0 Å². The Morgan fingerprint density at radius 1 is 1.15 bits per heavy atom. The molecule has 146 valence electrons. The van der Waals surface area contributed by atoms with Crippen LogP contribution in [-0.4, -0.2) is 47.0 Å². The maximum absolute atomic E-state index is 12.9. The van der Waals surface area contributed by atoms with Crippen molar-refractivity contribution in [2.24, 2.45) is 5.41 Å². The lowest BCUT2D eigenvalue weighted by atomic mass is 9.78. The van der Waals surface area contributed by atoms with E-state index in [9.17, 15) is 4.79 Å². The third-order valence-electron chi connectivity index (χ3n) is 5.39. The SMILES string of the molecule is Cl.Cl.O=C(c1cccc(Nc2cnccn2)c1)N1CCC2(CCNC2)CC1. The van der Waals surface area contributed by atoms with E-state index in [1.165, 1.54) is 6.42 Å². The van der Waals surface area contributed by atoms with E-state index in [1.807, 2.05) is 29.2 Å². The molecule has 2 aromatic rings. The fourth-order valence-electron chi connectivity index (χ4n) is 3.83. The molecule has 6 nitrogen and oxygen atoms in total. The number of carbonyl (C=O) groups is 1. The van der Waals surface area contributed by atoms with Gasteiger partial charge in [-0.3, -0.25) is 9.78 Å². The number of rotatable bonds is 3. The number of carbonyl (C=O) groups excluding carboxylic acids is 1. The van der Waals surface area contributed by atoms with Crippen molar-refractivity contribution in [2.75, 3.05) is 31.5 Å². The van der Waals surface area contributed by atoms with Crippen molar-refractivity contribution in [2.45, 2.75) is 19.3 Å². The Kier molecular flexibility index (Phi) is 7.41. The molecule has 1 aromatic carbocycles. The third-order valence-corrected chi connectivity index (χ3v) is 5.39. The van der Waals surface area contributed by atoms with Gasteiger partial charge in [0.2, 0.25) is 0 Å². The molecule has 1 aromatic heterocycles. The number of hydrogen-bond acceptors (Lipinski definition) is 5. The fourth-order valence-corrected chi connectivity index (χ4v) is 3.83. The summed E-state index contributed by atoms with van der Waals surface area (Å²) in [4.78, 5) is 23.1. The second-order valence-electron chi connectivity index (χ2n) is 7.02. The number of piperidine rings is 1. The summed E-state index contributed by atoms with van der Waals surface area (Å²) in [5.74, 6) is 0.782. The Balaban J connectivity index is 0.00000131. The molecule has 3 heterocycles. The summed E-state index contributed by atoms with van der Waals surface area (Å²) in [7, 11) is 0. The number of anilines is 2. The van der Waals surface area contributed by atoms with Crippen LogP contribution in [0, 0.1) is 5.41 Å². The van der Waals surface area contributed by atoms with E-state index in [-0.39, 0.29) is 30.7 Å². The Morgan fingerprint density at radius 3 is 2.63 bits per heavy atom. The van der Waals surface area contributed by atoms with Crippen molar-refractivity contribution < 1.29 is 4.79 Å². The normalized spacial score (nSPS) is 17.7. The zero-order valence-electron chi connectivity index (χ0n) is 15.1. The van der Waals surface area contributed by atoms with E-state index in [0.29, 0.717) is 11.2 Å². The quantitative estimate of drug-likeness (QED) is 0.813. The molecule has 2 aliphatic heterocycles. The number of nitrogens with one attached hydrogen (secondary N) is 2. The molecular weight excluding hydrogens is 385 g/mol. The van der Waals surface area contributed by atoms with Gasteiger partial charge in [0, 0.05) is 43.3 Å². The molecule has 8 heteroatoms. The largest absolute Gasteiger partial charge is 0.339 e. The average molecular weight is 410 g/mol. The number of benzene rings is 1. The summed E-state index contributed by atoms with van der Waals surface area (Å²) in [5.41, 5.74) is 1.99. The van der Waals surface area contributed by atoms with Crippen molar-refractivity contribution in [3.8, 4) is 0 Å². The van der Waals surface area contributed by atoms with Crippen LogP contribution >= 0.6 is 24.8 Å². The molecule has 0 bridgehead atoms. The lowest BCUT2D eigenvalue weighted by Gasteiger charge is -2.39. The Morgan fingerprint density at radius 2 is 1.96 bits per heavy atom. The van der Waals surface area contributed by atoms with Gasteiger partial charge in [0.25, 0.3) is 5.91 Å². The lowest BCUT2D eigenvalue weighted by molar-refractivity contribution is 0.0608. The molecule has 2 fully saturated rings. The first-order valence-corrected chi connectivity index (χ1v) is 8.87. The molecular formula is C19H25Cl2N5O. The van der Waals surface area contributed by atoms with Crippen LogP contribution in [0.2, 0.25) is 0 Å². The molecule has 1 spiro atoms. The van der Waals surface area contributed by atoms with Gasteiger partial charge < -0.3 is 15.5 Å². The minimum absolute atomic E-state index is 0. The summed E-state index contributed by atoms with van der Waals surface area (Å²) in [5, 5.41) is 6.66. The average Bonchev–Trinajstić information content (AvgIpc) is 3.11. The van der Waals surface area contributed by atoms with E-state index in [0.717, 1.165) is 50.3 Å². The molecule has 27 heavy (non-hydrogen) atoms. The number of likely N-dealkylation sites (tertiary alicyclic amines) is 1. The second-order valence-corrected chi connectivity index (χ2v) is 7.02. The zero-order valence-corrected chi connectivity index (χ0v) is 16.7. The highest BCUT2D eigenvalue weighted by Crippen LogP contribution is 2.37. The van der Waals surface area contributed by atoms with Crippen molar-refractivity contribution in [1.29, 1.82) is 0 Å². The van der Waals surface area contributed by atoms with Crippen LogP contribution < -0.4 is 10.6 Å². The maximum Gasteiger partial charge on any atom is 0.253 e. The highest BCUT2D eigenvalue weighted by Gasteiger charge is 2.38. The minimum atomic E-state index is 0. The number of halogens is 2. The second kappa shape index (κ2) is 9.35. The summed E-state index contributed by atoms with van der Waals surface area (Å²) >= 11 is 0. The van der Waals surface area contributed by atoms with Gasteiger partial charge in [-0.1, -0.05) is 6.07 Å². The topological polar surface area (TPSA) is 70.2 Å². The third kappa shape index (κ3) is 4.89. The van der Waals surface area contributed by atoms with Crippen LogP contribution in [0.1, 0.15) is 29.6 Å². The highest BCUT2D eigenvalue weighted by atomic mass is 35.5. The Bertz CT molecular complexity index is 743. The molecule has 0 saturated carbocycles.